The second kappa shape index (κ2) is 9.48. The van der Waals surface area contributed by atoms with Crippen LogP contribution >= 0.6 is 0 Å². The van der Waals surface area contributed by atoms with Gasteiger partial charge in [0.15, 0.2) is 0 Å². The van der Waals surface area contributed by atoms with Gasteiger partial charge in [-0.3, -0.25) is 0 Å². The van der Waals surface area contributed by atoms with Gasteiger partial charge in [0.25, 0.3) is 0 Å². The van der Waals surface area contributed by atoms with Crippen molar-refractivity contribution in [1.29, 1.82) is 0 Å². The van der Waals surface area contributed by atoms with E-state index in [1.165, 1.54) is 77.1 Å². The molecule has 5 aromatic carbocycles. The predicted octanol–water partition coefficient (Wildman–Crippen LogP) is 10.9. The summed E-state index contributed by atoms with van der Waals surface area (Å²) in [6, 6.07) is 40.6. The normalized spacial score (nSPS) is 16.1. The minimum atomic E-state index is 0.327. The van der Waals surface area contributed by atoms with Crippen molar-refractivity contribution in [2.24, 2.45) is 0 Å². The van der Waals surface area contributed by atoms with E-state index >= 15 is 0 Å². The van der Waals surface area contributed by atoms with Gasteiger partial charge in [0.1, 0.15) is 0 Å². The Morgan fingerprint density at radius 3 is 2.16 bits per heavy atom. The maximum absolute atomic E-state index is 2.60. The number of allylic oxidation sites excluding steroid dienone is 5. The summed E-state index contributed by atoms with van der Waals surface area (Å²) < 4.78 is 7.54. The molecule has 0 saturated carbocycles. The molecular formula is C42H31N3. The molecule has 0 fully saturated rings. The average molecular weight is 578 g/mol. The lowest BCUT2D eigenvalue weighted by Gasteiger charge is -2.20. The van der Waals surface area contributed by atoms with Crippen LogP contribution in [0.4, 0.5) is 0 Å². The number of aryl methyl sites for hydroxylation is 1. The van der Waals surface area contributed by atoms with Crippen molar-refractivity contribution >= 4 is 60.6 Å². The first-order valence-corrected chi connectivity index (χ1v) is 16.0. The standard InChI is InChI=1S/C42H31N3/c1-3-14-28(15-4-1)43-37-23-12-9-20-32(37)42-38(43)24-13-25-39(42)45-36-22-11-8-19-31(36)34-26-40-33(27-41(34)45)30-18-7-10-21-35(30)44(40)29-16-5-2-6-17-29/h1-6,8-16,19-27,29H,7,17-18H2. The highest BCUT2D eigenvalue weighted by Gasteiger charge is 2.25. The summed E-state index contributed by atoms with van der Waals surface area (Å²) in [6.45, 7) is 0. The van der Waals surface area contributed by atoms with E-state index in [0.29, 0.717) is 6.04 Å². The van der Waals surface area contributed by atoms with E-state index < -0.39 is 0 Å². The number of aromatic nitrogens is 3. The molecular weight excluding hydrogens is 546 g/mol. The minimum Gasteiger partial charge on any atom is -0.333 e. The number of nitrogens with zero attached hydrogens (tertiary/aromatic N) is 3. The van der Waals surface area contributed by atoms with Crippen LogP contribution in [0.3, 0.4) is 0 Å². The molecule has 2 aliphatic rings. The molecule has 2 aliphatic carbocycles. The Kier molecular flexibility index (Phi) is 5.23. The van der Waals surface area contributed by atoms with Gasteiger partial charge in [-0.25, -0.2) is 0 Å². The molecule has 0 amide bonds. The lowest BCUT2D eigenvalue weighted by molar-refractivity contribution is 0.621. The fraction of sp³-hybridized carbons (Fsp3) is 0.0952. The van der Waals surface area contributed by atoms with Crippen molar-refractivity contribution in [2.75, 3.05) is 0 Å². The first kappa shape index (κ1) is 24.9. The van der Waals surface area contributed by atoms with Crippen LogP contribution in [0.15, 0.2) is 140 Å². The largest absolute Gasteiger partial charge is 0.333 e. The van der Waals surface area contributed by atoms with E-state index in [-0.39, 0.29) is 0 Å². The van der Waals surface area contributed by atoms with Crippen LogP contribution in [0.1, 0.15) is 30.1 Å². The topological polar surface area (TPSA) is 14.8 Å². The summed E-state index contributed by atoms with van der Waals surface area (Å²) in [5.41, 5.74) is 11.5. The van der Waals surface area contributed by atoms with Crippen molar-refractivity contribution in [1.82, 2.24) is 13.7 Å². The van der Waals surface area contributed by atoms with Crippen molar-refractivity contribution in [3.05, 3.63) is 151 Å². The molecule has 0 aliphatic heterocycles. The van der Waals surface area contributed by atoms with Crippen LogP contribution in [0.5, 0.6) is 0 Å². The van der Waals surface area contributed by atoms with Crippen LogP contribution in [-0.4, -0.2) is 13.7 Å². The maximum Gasteiger partial charge on any atom is 0.0562 e. The Morgan fingerprint density at radius 1 is 0.556 bits per heavy atom. The van der Waals surface area contributed by atoms with Gasteiger partial charge in [-0.1, -0.05) is 91.0 Å². The van der Waals surface area contributed by atoms with Crippen molar-refractivity contribution in [3.8, 4) is 11.4 Å². The van der Waals surface area contributed by atoms with Gasteiger partial charge < -0.3 is 13.7 Å². The zero-order valence-electron chi connectivity index (χ0n) is 24.9. The highest BCUT2D eigenvalue weighted by atomic mass is 15.0. The Balaban J connectivity index is 1.34. The fourth-order valence-corrected chi connectivity index (χ4v) is 8.14. The van der Waals surface area contributed by atoms with Crippen molar-refractivity contribution in [2.45, 2.75) is 25.3 Å². The number of rotatable bonds is 3. The molecule has 1 atom stereocenters. The van der Waals surface area contributed by atoms with Crippen molar-refractivity contribution < 1.29 is 0 Å². The van der Waals surface area contributed by atoms with Gasteiger partial charge in [-0.15, -0.1) is 0 Å². The van der Waals surface area contributed by atoms with E-state index in [1.54, 1.807) is 0 Å². The third-order valence-electron chi connectivity index (χ3n) is 10.0. The molecule has 0 spiro atoms. The molecule has 8 aromatic rings. The quantitative estimate of drug-likeness (QED) is 0.198. The highest BCUT2D eigenvalue weighted by Crippen LogP contribution is 2.43. The van der Waals surface area contributed by atoms with E-state index in [0.717, 1.165) is 19.3 Å². The Morgan fingerprint density at radius 2 is 1.31 bits per heavy atom. The maximum atomic E-state index is 2.60. The summed E-state index contributed by atoms with van der Waals surface area (Å²) >= 11 is 0. The van der Waals surface area contributed by atoms with Gasteiger partial charge >= 0.3 is 0 Å². The van der Waals surface area contributed by atoms with Crippen LogP contribution < -0.4 is 0 Å². The monoisotopic (exact) mass is 577 g/mol. The van der Waals surface area contributed by atoms with E-state index in [1.807, 2.05) is 0 Å². The van der Waals surface area contributed by atoms with Crippen LogP contribution in [0.25, 0.3) is 72.0 Å². The first-order chi connectivity index (χ1) is 22.4. The Hall–Kier alpha value is -5.54. The van der Waals surface area contributed by atoms with Gasteiger partial charge in [-0.2, -0.15) is 0 Å². The van der Waals surface area contributed by atoms with Gasteiger partial charge in [0.2, 0.25) is 0 Å². The molecule has 214 valence electrons. The second-order valence-corrected chi connectivity index (χ2v) is 12.4. The lowest BCUT2D eigenvalue weighted by Crippen LogP contribution is -2.10. The summed E-state index contributed by atoms with van der Waals surface area (Å²) in [7, 11) is 0. The van der Waals surface area contributed by atoms with E-state index in [4.69, 9.17) is 0 Å². The number of para-hydroxylation sites is 3. The molecule has 3 aromatic heterocycles. The Labute approximate surface area is 261 Å². The zero-order valence-corrected chi connectivity index (χ0v) is 24.9. The summed E-state index contributed by atoms with van der Waals surface area (Å²) in [4.78, 5) is 0. The summed E-state index contributed by atoms with van der Waals surface area (Å²) in [5, 5.41) is 6.52. The molecule has 3 heteroatoms. The Bertz CT molecular complexity index is 2560. The van der Waals surface area contributed by atoms with Crippen LogP contribution in [0.2, 0.25) is 0 Å². The molecule has 1 unspecified atom stereocenters. The molecule has 0 bridgehead atoms. The summed E-state index contributed by atoms with van der Waals surface area (Å²) in [5.74, 6) is 0. The lowest BCUT2D eigenvalue weighted by atomic mass is 10.00. The van der Waals surface area contributed by atoms with Gasteiger partial charge in [0, 0.05) is 38.3 Å². The molecule has 0 saturated heterocycles. The molecule has 3 nitrogen and oxygen atoms in total. The second-order valence-electron chi connectivity index (χ2n) is 12.4. The first-order valence-electron chi connectivity index (χ1n) is 16.0. The SMILES string of the molecule is C1=CCC(n2c3c(c4cc5c(cc42)c2ccccc2n5-c2cccc4c2c2ccccc2n4-c2ccccc2)CCC=C3)C=C1. The van der Waals surface area contributed by atoms with Crippen LogP contribution in [-0.2, 0) is 6.42 Å². The average Bonchev–Trinajstić information content (AvgIpc) is 3.73. The third-order valence-corrected chi connectivity index (χ3v) is 10.0. The van der Waals surface area contributed by atoms with Crippen LogP contribution in [0, 0.1) is 0 Å². The fourth-order valence-electron chi connectivity index (χ4n) is 8.14. The van der Waals surface area contributed by atoms with E-state index in [9.17, 15) is 0 Å². The molecule has 3 heterocycles. The number of hydrogen-bond acceptors (Lipinski definition) is 0. The molecule has 10 rings (SSSR count). The smallest absolute Gasteiger partial charge is 0.0562 e. The van der Waals surface area contributed by atoms with Gasteiger partial charge in [0.05, 0.1) is 39.3 Å². The number of hydrogen-bond donors (Lipinski definition) is 0. The van der Waals surface area contributed by atoms with E-state index in [2.05, 4.69) is 159 Å². The summed E-state index contributed by atoms with van der Waals surface area (Å²) in [6.07, 6.45) is 16.9. The number of benzene rings is 5. The minimum absolute atomic E-state index is 0.327. The molecule has 0 radical (unpaired) electrons. The third kappa shape index (κ3) is 3.47. The zero-order chi connectivity index (χ0) is 29.5. The predicted molar refractivity (Wildman–Crippen MR) is 190 cm³/mol. The van der Waals surface area contributed by atoms with Crippen molar-refractivity contribution in [3.63, 3.8) is 0 Å². The molecule has 45 heavy (non-hydrogen) atoms. The molecule has 0 N–H and O–H groups in total. The van der Waals surface area contributed by atoms with Gasteiger partial charge in [-0.05, 0) is 79.4 Å². The highest BCUT2D eigenvalue weighted by molar-refractivity contribution is 6.18. The number of fused-ring (bicyclic) bond motifs is 9.